The molecule has 1 saturated carbocycles. The number of halogens is 2. The molecule has 8 heteroatoms. The van der Waals surface area contributed by atoms with Gasteiger partial charge in [0.2, 0.25) is 5.78 Å². The van der Waals surface area contributed by atoms with Crippen LogP contribution in [0.4, 0.5) is 11.4 Å². The van der Waals surface area contributed by atoms with Gasteiger partial charge in [-0.05, 0) is 97.6 Å². The number of benzene rings is 3. The summed E-state index contributed by atoms with van der Waals surface area (Å²) in [5.41, 5.74) is 2.47. The molecular formula is C29H22Cl2N2O3S. The lowest BCUT2D eigenvalue weighted by Gasteiger charge is -2.25. The smallest absolute Gasteiger partial charge is 0.336 e. The molecule has 1 aromatic heterocycles. The van der Waals surface area contributed by atoms with Crippen LogP contribution in [0.15, 0.2) is 94.9 Å². The molecule has 37 heavy (non-hydrogen) atoms. The second-order valence-corrected chi connectivity index (χ2v) is 10.8. The summed E-state index contributed by atoms with van der Waals surface area (Å²) in [6.07, 6.45) is 4.09. The number of nitrogens with zero attached hydrogens (tertiary/aromatic N) is 2. The zero-order valence-electron chi connectivity index (χ0n) is 19.6. The van der Waals surface area contributed by atoms with E-state index in [0.717, 1.165) is 22.8 Å². The Kier molecular flexibility index (Phi) is 7.51. The van der Waals surface area contributed by atoms with Gasteiger partial charge in [-0.15, -0.1) is 0 Å². The Bertz CT molecular complexity index is 1440. The SMILES string of the molecule is O=C(c1ccc(Sc2ccc(Cl)cc2)c(C(=O)O)c1)c1ccc(N(CC2CC2)c2ccc(Cl)cc2)cn1. The topological polar surface area (TPSA) is 70.5 Å². The number of carbonyl (C=O) groups excluding carboxylic acids is 1. The number of aromatic carboxylic acids is 1. The van der Waals surface area contributed by atoms with Crippen molar-refractivity contribution in [2.45, 2.75) is 22.6 Å². The number of rotatable bonds is 9. The molecule has 0 amide bonds. The van der Waals surface area contributed by atoms with Gasteiger partial charge in [-0.25, -0.2) is 4.79 Å². The lowest BCUT2D eigenvalue weighted by atomic mass is 10.0. The Morgan fingerprint density at radius 2 is 1.54 bits per heavy atom. The van der Waals surface area contributed by atoms with Crippen LogP contribution in [-0.4, -0.2) is 28.4 Å². The summed E-state index contributed by atoms with van der Waals surface area (Å²) < 4.78 is 0. The Morgan fingerprint density at radius 1 is 0.892 bits per heavy atom. The van der Waals surface area contributed by atoms with Crippen LogP contribution in [0.3, 0.4) is 0 Å². The highest BCUT2D eigenvalue weighted by Gasteiger charge is 2.26. The van der Waals surface area contributed by atoms with Gasteiger partial charge >= 0.3 is 5.97 Å². The fourth-order valence-corrected chi connectivity index (χ4v) is 5.09. The Hall–Kier alpha value is -3.32. The first kappa shape index (κ1) is 25.3. The average molecular weight is 549 g/mol. The summed E-state index contributed by atoms with van der Waals surface area (Å²) in [5.74, 6) is -0.805. The van der Waals surface area contributed by atoms with Gasteiger partial charge in [-0.2, -0.15) is 0 Å². The van der Waals surface area contributed by atoms with E-state index in [9.17, 15) is 14.7 Å². The third-order valence-corrected chi connectivity index (χ3v) is 7.67. The van der Waals surface area contributed by atoms with Crippen molar-refractivity contribution in [2.75, 3.05) is 11.4 Å². The van der Waals surface area contributed by atoms with E-state index in [1.54, 1.807) is 36.5 Å². The lowest BCUT2D eigenvalue weighted by molar-refractivity contribution is 0.0693. The first-order valence-corrected chi connectivity index (χ1v) is 13.3. The molecule has 0 aliphatic heterocycles. The van der Waals surface area contributed by atoms with Gasteiger partial charge in [0.1, 0.15) is 5.69 Å². The van der Waals surface area contributed by atoms with E-state index in [1.165, 1.54) is 30.7 Å². The molecular weight excluding hydrogens is 527 g/mol. The second-order valence-electron chi connectivity index (χ2n) is 8.83. The van der Waals surface area contributed by atoms with Gasteiger partial charge in [0.05, 0.1) is 17.4 Å². The molecule has 1 heterocycles. The molecule has 1 N–H and O–H groups in total. The number of ketones is 1. The van der Waals surface area contributed by atoms with Crippen LogP contribution in [0.5, 0.6) is 0 Å². The number of carboxylic acid groups (broad SMARTS) is 1. The number of hydrogen-bond donors (Lipinski definition) is 1. The largest absolute Gasteiger partial charge is 0.478 e. The molecule has 0 unspecified atom stereocenters. The molecule has 1 fully saturated rings. The maximum atomic E-state index is 13.2. The monoisotopic (exact) mass is 548 g/mol. The fraction of sp³-hybridized carbons (Fsp3) is 0.138. The van der Waals surface area contributed by atoms with E-state index in [1.807, 2.05) is 42.5 Å². The molecule has 0 spiro atoms. The van der Waals surface area contributed by atoms with Crippen molar-refractivity contribution < 1.29 is 14.7 Å². The lowest BCUT2D eigenvalue weighted by Crippen LogP contribution is -2.20. The Labute approximate surface area is 229 Å². The van der Waals surface area contributed by atoms with Crippen LogP contribution in [0.1, 0.15) is 39.3 Å². The normalized spacial score (nSPS) is 12.8. The van der Waals surface area contributed by atoms with Crippen LogP contribution in [0.2, 0.25) is 10.0 Å². The molecule has 3 aromatic carbocycles. The van der Waals surface area contributed by atoms with Gasteiger partial charge in [0.25, 0.3) is 0 Å². The van der Waals surface area contributed by atoms with Crippen molar-refractivity contribution >= 4 is 58.1 Å². The van der Waals surface area contributed by atoms with Crippen LogP contribution in [-0.2, 0) is 0 Å². The van der Waals surface area contributed by atoms with E-state index < -0.39 is 5.97 Å². The maximum Gasteiger partial charge on any atom is 0.336 e. The summed E-state index contributed by atoms with van der Waals surface area (Å²) in [7, 11) is 0. The van der Waals surface area contributed by atoms with Crippen molar-refractivity contribution in [3.8, 4) is 0 Å². The van der Waals surface area contributed by atoms with Crippen molar-refractivity contribution in [1.82, 2.24) is 4.98 Å². The number of hydrogen-bond acceptors (Lipinski definition) is 5. The molecule has 186 valence electrons. The molecule has 1 aliphatic carbocycles. The van der Waals surface area contributed by atoms with E-state index in [0.29, 0.717) is 20.9 Å². The summed E-state index contributed by atoms with van der Waals surface area (Å²) in [6.45, 7) is 0.866. The maximum absolute atomic E-state index is 13.2. The van der Waals surface area contributed by atoms with Crippen LogP contribution in [0, 0.1) is 5.92 Å². The van der Waals surface area contributed by atoms with Gasteiger partial charge in [-0.1, -0.05) is 35.0 Å². The van der Waals surface area contributed by atoms with Gasteiger partial charge in [0, 0.05) is 37.6 Å². The molecule has 5 rings (SSSR count). The molecule has 0 bridgehead atoms. The van der Waals surface area contributed by atoms with Crippen molar-refractivity contribution in [1.29, 1.82) is 0 Å². The standard InChI is InChI=1S/C29H22Cl2N2O3S/c30-20-4-8-22(9-5-20)33(17-18-1-2-18)23-10-13-26(32-16-23)28(34)19-3-14-27(25(15-19)29(35)36)37-24-11-6-21(31)7-12-24/h3-16,18H,1-2,17H2,(H,35,36). The van der Waals surface area contributed by atoms with Crippen LogP contribution in [0.25, 0.3) is 0 Å². The minimum absolute atomic E-state index is 0.0563. The highest BCUT2D eigenvalue weighted by molar-refractivity contribution is 7.99. The minimum atomic E-state index is -1.10. The third-order valence-electron chi connectivity index (χ3n) is 6.08. The fourth-order valence-electron chi connectivity index (χ4n) is 3.92. The number of aromatic nitrogens is 1. The van der Waals surface area contributed by atoms with Crippen LogP contribution >= 0.6 is 35.0 Å². The zero-order chi connectivity index (χ0) is 25.9. The van der Waals surface area contributed by atoms with Gasteiger partial charge in [-0.3, -0.25) is 9.78 Å². The zero-order valence-corrected chi connectivity index (χ0v) is 21.9. The Balaban J connectivity index is 1.38. The molecule has 1 aliphatic rings. The van der Waals surface area contributed by atoms with Crippen molar-refractivity contribution in [3.05, 3.63) is 112 Å². The number of anilines is 2. The van der Waals surface area contributed by atoms with Gasteiger partial charge in [0.15, 0.2) is 0 Å². The number of pyridine rings is 1. The summed E-state index contributed by atoms with van der Waals surface area (Å²) >= 11 is 13.3. The van der Waals surface area contributed by atoms with E-state index in [-0.39, 0.29) is 22.6 Å². The summed E-state index contributed by atoms with van der Waals surface area (Å²) in [5, 5.41) is 11.1. The third kappa shape index (κ3) is 6.16. The molecule has 0 saturated heterocycles. The number of carbonyl (C=O) groups is 2. The first-order chi connectivity index (χ1) is 17.9. The van der Waals surface area contributed by atoms with Crippen LogP contribution < -0.4 is 4.90 Å². The highest BCUT2D eigenvalue weighted by atomic mass is 35.5. The van der Waals surface area contributed by atoms with E-state index >= 15 is 0 Å². The van der Waals surface area contributed by atoms with E-state index in [4.69, 9.17) is 23.2 Å². The average Bonchev–Trinajstić information content (AvgIpc) is 3.73. The molecule has 5 nitrogen and oxygen atoms in total. The van der Waals surface area contributed by atoms with Crippen molar-refractivity contribution in [2.24, 2.45) is 5.92 Å². The van der Waals surface area contributed by atoms with Gasteiger partial charge < -0.3 is 10.0 Å². The first-order valence-electron chi connectivity index (χ1n) is 11.7. The predicted octanol–water partition coefficient (Wildman–Crippen LogP) is 8.02. The highest BCUT2D eigenvalue weighted by Crippen LogP contribution is 2.36. The predicted molar refractivity (Wildman–Crippen MR) is 148 cm³/mol. The Morgan fingerprint density at radius 3 is 2.14 bits per heavy atom. The molecule has 0 atom stereocenters. The molecule has 4 aromatic rings. The van der Waals surface area contributed by atoms with Crippen molar-refractivity contribution in [3.63, 3.8) is 0 Å². The quantitative estimate of drug-likeness (QED) is 0.213. The summed E-state index contributed by atoms with van der Waals surface area (Å²) in [6, 6.07) is 23.1. The molecule has 0 radical (unpaired) electrons. The minimum Gasteiger partial charge on any atom is -0.478 e. The summed E-state index contributed by atoms with van der Waals surface area (Å²) in [4.78, 5) is 33.2. The second kappa shape index (κ2) is 11.0. The number of carboxylic acids is 1. The van der Waals surface area contributed by atoms with E-state index in [2.05, 4.69) is 9.88 Å².